The number of aryl methyl sites for hydroxylation is 1. The normalized spacial score (nSPS) is 11.0. The van der Waals surface area contributed by atoms with Crippen LogP contribution in [0.15, 0.2) is 47.0 Å². The Morgan fingerprint density at radius 1 is 1.14 bits per heavy atom. The molecule has 2 aromatic carbocycles. The third-order valence-electron chi connectivity index (χ3n) is 4.24. The van der Waals surface area contributed by atoms with Crippen molar-refractivity contribution in [2.24, 2.45) is 0 Å². The minimum absolute atomic E-state index is 0.0739. The fourth-order valence-electron chi connectivity index (χ4n) is 2.89. The van der Waals surface area contributed by atoms with Gasteiger partial charge in [-0.15, -0.1) is 0 Å². The Balaban J connectivity index is 2.16. The number of phenols is 1. The summed E-state index contributed by atoms with van der Waals surface area (Å²) >= 11 is 0. The molecule has 0 aliphatic carbocycles. The van der Waals surface area contributed by atoms with Crippen molar-refractivity contribution in [2.75, 3.05) is 14.2 Å². The number of phenolic OH excluding ortho intramolecular Hbond substituents is 1. The van der Waals surface area contributed by atoms with Crippen molar-refractivity contribution in [3.05, 3.63) is 53.7 Å². The molecule has 0 spiro atoms. The van der Waals surface area contributed by atoms with Crippen LogP contribution in [0.3, 0.4) is 0 Å². The minimum Gasteiger partial charge on any atom is -0.507 e. The number of carbonyl (C=O) groups is 1. The predicted octanol–water partition coefficient (Wildman–Crippen LogP) is 4.14. The highest BCUT2D eigenvalue weighted by Crippen LogP contribution is 2.42. The van der Waals surface area contributed by atoms with Crippen LogP contribution < -0.4 is 9.47 Å². The number of hydrogen-bond acceptors (Lipinski definition) is 6. The van der Waals surface area contributed by atoms with Crippen LogP contribution in [0.25, 0.3) is 28.5 Å². The van der Waals surface area contributed by atoms with E-state index in [9.17, 15) is 9.90 Å². The Labute approximate surface area is 161 Å². The lowest BCUT2D eigenvalue weighted by atomic mass is 9.97. The van der Waals surface area contributed by atoms with Crippen molar-refractivity contribution in [1.29, 1.82) is 0 Å². The molecule has 28 heavy (non-hydrogen) atoms. The highest BCUT2D eigenvalue weighted by atomic mass is 16.5. The zero-order valence-corrected chi connectivity index (χ0v) is 15.6. The topological polar surface area (TPSA) is 102 Å². The molecule has 1 aromatic heterocycles. The molecule has 0 amide bonds. The fourth-order valence-corrected chi connectivity index (χ4v) is 2.89. The van der Waals surface area contributed by atoms with Crippen LogP contribution in [0.4, 0.5) is 0 Å². The molecule has 0 atom stereocenters. The molecular weight excluding hydrogens is 362 g/mol. The average molecular weight is 381 g/mol. The Bertz CT molecular complexity index is 1030. The van der Waals surface area contributed by atoms with Gasteiger partial charge in [0.2, 0.25) is 0 Å². The first kappa shape index (κ1) is 19.0. The molecule has 0 aliphatic heterocycles. The third kappa shape index (κ3) is 3.68. The number of aliphatic carboxylic acids is 1. The second-order valence-corrected chi connectivity index (χ2v) is 5.98. The van der Waals surface area contributed by atoms with Crippen molar-refractivity contribution in [3.8, 4) is 39.7 Å². The van der Waals surface area contributed by atoms with Gasteiger partial charge in [-0.3, -0.25) is 0 Å². The molecule has 7 nitrogen and oxygen atoms in total. The first-order chi connectivity index (χ1) is 13.4. The number of benzene rings is 2. The van der Waals surface area contributed by atoms with E-state index in [0.717, 1.165) is 17.2 Å². The summed E-state index contributed by atoms with van der Waals surface area (Å²) in [4.78, 5) is 10.9. The van der Waals surface area contributed by atoms with E-state index < -0.39 is 5.97 Å². The standard InChI is InChI=1S/C21H19NO6/c1-12-20(13-4-7-15(26-2)8-5-13)21(28-22-12)16-10-14(6-9-19(24)25)18(27-3)11-17(16)23/h4-11,23H,1-3H3,(H,24,25)/b9-6+. The second kappa shape index (κ2) is 7.87. The van der Waals surface area contributed by atoms with Gasteiger partial charge in [0.05, 0.1) is 31.0 Å². The van der Waals surface area contributed by atoms with Gasteiger partial charge < -0.3 is 24.2 Å². The highest BCUT2D eigenvalue weighted by molar-refractivity contribution is 5.89. The van der Waals surface area contributed by atoms with E-state index in [1.54, 1.807) is 20.1 Å². The molecule has 0 unspecified atom stereocenters. The number of aromatic hydroxyl groups is 1. The molecule has 0 fully saturated rings. The van der Waals surface area contributed by atoms with Gasteiger partial charge in [-0.25, -0.2) is 4.79 Å². The maximum absolute atomic E-state index is 10.9. The van der Waals surface area contributed by atoms with Gasteiger partial charge in [0.1, 0.15) is 17.2 Å². The zero-order valence-electron chi connectivity index (χ0n) is 15.6. The summed E-state index contributed by atoms with van der Waals surface area (Å²) in [7, 11) is 3.03. The van der Waals surface area contributed by atoms with E-state index >= 15 is 0 Å². The van der Waals surface area contributed by atoms with Gasteiger partial charge >= 0.3 is 5.97 Å². The van der Waals surface area contributed by atoms with Crippen molar-refractivity contribution >= 4 is 12.0 Å². The first-order valence-electron chi connectivity index (χ1n) is 8.37. The predicted molar refractivity (Wildman–Crippen MR) is 104 cm³/mol. The van der Waals surface area contributed by atoms with Crippen LogP contribution in [-0.2, 0) is 4.79 Å². The van der Waals surface area contributed by atoms with Crippen LogP contribution in [0.5, 0.6) is 17.2 Å². The van der Waals surface area contributed by atoms with Crippen molar-refractivity contribution < 1.29 is 29.0 Å². The molecule has 0 saturated heterocycles. The summed E-state index contributed by atoms with van der Waals surface area (Å²) in [6.45, 7) is 1.80. The summed E-state index contributed by atoms with van der Waals surface area (Å²) < 4.78 is 15.9. The number of methoxy groups -OCH3 is 2. The Morgan fingerprint density at radius 3 is 2.46 bits per heavy atom. The van der Waals surface area contributed by atoms with Gasteiger partial charge in [0, 0.05) is 17.7 Å². The molecule has 0 bridgehead atoms. The summed E-state index contributed by atoms with van der Waals surface area (Å²) in [6, 6.07) is 10.4. The van der Waals surface area contributed by atoms with Gasteiger partial charge in [0.25, 0.3) is 0 Å². The van der Waals surface area contributed by atoms with E-state index in [0.29, 0.717) is 34.1 Å². The smallest absolute Gasteiger partial charge is 0.328 e. The number of carboxylic acids is 1. The number of rotatable bonds is 6. The van der Waals surface area contributed by atoms with E-state index in [-0.39, 0.29) is 5.75 Å². The van der Waals surface area contributed by atoms with Gasteiger partial charge in [-0.2, -0.15) is 0 Å². The molecule has 1 heterocycles. The van der Waals surface area contributed by atoms with E-state index in [1.807, 2.05) is 24.3 Å². The summed E-state index contributed by atoms with van der Waals surface area (Å²) in [6.07, 6.45) is 2.38. The summed E-state index contributed by atoms with van der Waals surface area (Å²) in [5.41, 5.74) is 3.06. The van der Waals surface area contributed by atoms with Crippen molar-refractivity contribution in [3.63, 3.8) is 0 Å². The fraction of sp³-hybridized carbons (Fsp3) is 0.143. The maximum Gasteiger partial charge on any atom is 0.328 e. The SMILES string of the molecule is COc1ccc(-c2c(C)noc2-c2cc(/C=C/C(=O)O)c(OC)cc2O)cc1. The summed E-state index contributed by atoms with van der Waals surface area (Å²) in [5.74, 6) is 0.253. The Kier molecular flexibility index (Phi) is 5.35. The number of carboxylic acid groups (broad SMARTS) is 1. The molecule has 7 heteroatoms. The molecule has 0 aliphatic rings. The first-order valence-corrected chi connectivity index (χ1v) is 8.37. The maximum atomic E-state index is 10.9. The van der Waals surface area contributed by atoms with E-state index in [2.05, 4.69) is 5.16 Å². The largest absolute Gasteiger partial charge is 0.507 e. The number of ether oxygens (including phenoxy) is 2. The third-order valence-corrected chi connectivity index (χ3v) is 4.24. The van der Waals surface area contributed by atoms with E-state index in [1.165, 1.54) is 19.3 Å². The monoisotopic (exact) mass is 381 g/mol. The molecular formula is C21H19NO6. The van der Waals surface area contributed by atoms with Crippen LogP contribution >= 0.6 is 0 Å². The number of nitrogens with zero attached hydrogens (tertiary/aromatic N) is 1. The highest BCUT2D eigenvalue weighted by Gasteiger charge is 2.21. The minimum atomic E-state index is -1.09. The molecule has 144 valence electrons. The Hall–Kier alpha value is -3.74. The molecule has 2 N–H and O–H groups in total. The van der Waals surface area contributed by atoms with Gasteiger partial charge in [-0.1, -0.05) is 17.3 Å². The van der Waals surface area contributed by atoms with Crippen LogP contribution in [-0.4, -0.2) is 35.6 Å². The molecule has 0 saturated carbocycles. The van der Waals surface area contributed by atoms with Crippen molar-refractivity contribution in [2.45, 2.75) is 6.92 Å². The second-order valence-electron chi connectivity index (χ2n) is 5.98. The lowest BCUT2D eigenvalue weighted by molar-refractivity contribution is -0.131. The van der Waals surface area contributed by atoms with E-state index in [4.69, 9.17) is 19.1 Å². The zero-order chi connectivity index (χ0) is 20.3. The van der Waals surface area contributed by atoms with Crippen LogP contribution in [0, 0.1) is 6.92 Å². The number of aromatic nitrogens is 1. The number of hydrogen-bond donors (Lipinski definition) is 2. The molecule has 0 radical (unpaired) electrons. The van der Waals surface area contributed by atoms with Crippen LogP contribution in [0.1, 0.15) is 11.3 Å². The summed E-state index contributed by atoms with van der Waals surface area (Å²) in [5, 5.41) is 23.5. The molecule has 3 aromatic rings. The average Bonchev–Trinajstić information content (AvgIpc) is 3.07. The van der Waals surface area contributed by atoms with Crippen LogP contribution in [0.2, 0.25) is 0 Å². The lowest BCUT2D eigenvalue weighted by Crippen LogP contribution is -1.92. The molecule has 3 rings (SSSR count). The lowest BCUT2D eigenvalue weighted by Gasteiger charge is -2.10. The van der Waals surface area contributed by atoms with Gasteiger partial charge in [-0.05, 0) is 36.8 Å². The van der Waals surface area contributed by atoms with Gasteiger partial charge in [0.15, 0.2) is 5.76 Å². The quantitative estimate of drug-likeness (QED) is 0.619. The van der Waals surface area contributed by atoms with Crippen molar-refractivity contribution in [1.82, 2.24) is 5.16 Å². The Morgan fingerprint density at radius 2 is 1.86 bits per heavy atom.